The fraction of sp³-hybridized carbons (Fsp3) is 0.158. The Morgan fingerprint density at radius 2 is 1.61 bits per heavy atom. The number of phenolic OH excluding ortho intramolecular Hbond substituents is 1. The SMILES string of the molecule is CC(C)(C)c1ccc(-n2nc(-c3cnc4ccccc4c3)cc2-c2cccc(C(=O)N[C@@H](Cc3ccc(O)cc3)C(N)=O)c2)cc1. The molecule has 2 amide bonds. The molecular formula is C38H35N5O3. The number of hydrogen-bond acceptors (Lipinski definition) is 5. The number of aromatic nitrogens is 3. The molecule has 8 nitrogen and oxygen atoms in total. The van der Waals surface area contributed by atoms with Gasteiger partial charge in [-0.15, -0.1) is 0 Å². The second kappa shape index (κ2) is 12.3. The van der Waals surface area contributed by atoms with Gasteiger partial charge in [0, 0.05) is 34.7 Å². The molecule has 2 heterocycles. The predicted octanol–water partition coefficient (Wildman–Crippen LogP) is 6.58. The molecule has 0 aliphatic heterocycles. The summed E-state index contributed by atoms with van der Waals surface area (Å²) in [5.41, 5.74) is 13.0. The van der Waals surface area contributed by atoms with Crippen LogP contribution in [0.25, 0.3) is 39.1 Å². The van der Waals surface area contributed by atoms with Gasteiger partial charge < -0.3 is 16.2 Å². The summed E-state index contributed by atoms with van der Waals surface area (Å²) in [5, 5.41) is 18.4. The Bertz CT molecular complexity index is 2040. The highest BCUT2D eigenvalue weighted by atomic mass is 16.3. The number of rotatable bonds is 8. The van der Waals surface area contributed by atoms with Crippen LogP contribution in [0, 0.1) is 0 Å². The van der Waals surface area contributed by atoms with Gasteiger partial charge in [-0.3, -0.25) is 14.6 Å². The van der Waals surface area contributed by atoms with Gasteiger partial charge in [0.05, 0.1) is 22.6 Å². The van der Waals surface area contributed by atoms with Gasteiger partial charge in [0.15, 0.2) is 0 Å². The lowest BCUT2D eigenvalue weighted by Crippen LogP contribution is -2.45. The fourth-order valence-corrected chi connectivity index (χ4v) is 5.39. The number of aromatic hydroxyl groups is 1. The maximum absolute atomic E-state index is 13.4. The van der Waals surface area contributed by atoms with E-state index < -0.39 is 17.9 Å². The van der Waals surface area contributed by atoms with Crippen LogP contribution in [-0.4, -0.2) is 37.7 Å². The second-order valence-electron chi connectivity index (χ2n) is 12.4. The maximum atomic E-state index is 13.4. The molecule has 230 valence electrons. The molecule has 0 spiro atoms. The number of nitrogens with zero attached hydrogens (tertiary/aromatic N) is 3. The first kappa shape index (κ1) is 30.3. The number of phenols is 1. The van der Waals surface area contributed by atoms with Crippen LogP contribution in [-0.2, 0) is 16.6 Å². The highest BCUT2D eigenvalue weighted by Gasteiger charge is 2.21. The topological polar surface area (TPSA) is 123 Å². The van der Waals surface area contributed by atoms with E-state index in [4.69, 9.17) is 10.8 Å². The molecule has 6 rings (SSSR count). The van der Waals surface area contributed by atoms with E-state index in [-0.39, 0.29) is 17.6 Å². The van der Waals surface area contributed by atoms with E-state index in [1.807, 2.05) is 47.3 Å². The molecule has 0 radical (unpaired) electrons. The van der Waals surface area contributed by atoms with Crippen molar-refractivity contribution in [2.24, 2.45) is 5.73 Å². The lowest BCUT2D eigenvalue weighted by Gasteiger charge is -2.19. The van der Waals surface area contributed by atoms with E-state index in [1.165, 1.54) is 17.7 Å². The Balaban J connectivity index is 1.37. The van der Waals surface area contributed by atoms with Crippen LogP contribution in [0.1, 0.15) is 42.3 Å². The molecule has 0 saturated carbocycles. The van der Waals surface area contributed by atoms with Gasteiger partial charge >= 0.3 is 0 Å². The van der Waals surface area contributed by atoms with E-state index >= 15 is 0 Å². The third-order valence-corrected chi connectivity index (χ3v) is 8.02. The molecule has 46 heavy (non-hydrogen) atoms. The minimum Gasteiger partial charge on any atom is -0.508 e. The van der Waals surface area contributed by atoms with Crippen LogP contribution >= 0.6 is 0 Å². The first-order chi connectivity index (χ1) is 22.0. The van der Waals surface area contributed by atoms with Crippen molar-refractivity contribution >= 4 is 22.7 Å². The Kier molecular flexibility index (Phi) is 8.11. The first-order valence-electron chi connectivity index (χ1n) is 15.1. The predicted molar refractivity (Wildman–Crippen MR) is 181 cm³/mol. The number of benzene rings is 4. The molecule has 0 bridgehead atoms. The minimum absolute atomic E-state index is 0.000149. The van der Waals surface area contributed by atoms with E-state index in [1.54, 1.807) is 30.3 Å². The smallest absolute Gasteiger partial charge is 0.251 e. The van der Waals surface area contributed by atoms with Crippen molar-refractivity contribution in [2.75, 3.05) is 0 Å². The normalized spacial score (nSPS) is 12.2. The Morgan fingerprint density at radius 1 is 0.870 bits per heavy atom. The largest absolute Gasteiger partial charge is 0.508 e. The van der Waals surface area contributed by atoms with Crippen LogP contribution in [0.5, 0.6) is 5.75 Å². The van der Waals surface area contributed by atoms with Gasteiger partial charge in [-0.2, -0.15) is 5.10 Å². The van der Waals surface area contributed by atoms with Crippen molar-refractivity contribution < 1.29 is 14.7 Å². The number of nitrogens with two attached hydrogens (primary N) is 1. The van der Waals surface area contributed by atoms with Crippen molar-refractivity contribution in [1.29, 1.82) is 0 Å². The summed E-state index contributed by atoms with van der Waals surface area (Å²) in [6.45, 7) is 6.53. The average Bonchev–Trinajstić information content (AvgIpc) is 3.50. The molecule has 6 aromatic rings. The summed E-state index contributed by atoms with van der Waals surface area (Å²) in [6, 6.07) is 33.1. The van der Waals surface area contributed by atoms with Crippen molar-refractivity contribution in [3.05, 3.63) is 132 Å². The van der Waals surface area contributed by atoms with Gasteiger partial charge in [-0.05, 0) is 71.1 Å². The molecular weight excluding hydrogens is 574 g/mol. The second-order valence-corrected chi connectivity index (χ2v) is 12.4. The lowest BCUT2D eigenvalue weighted by atomic mass is 9.87. The van der Waals surface area contributed by atoms with E-state index in [9.17, 15) is 14.7 Å². The number of primary amides is 1. The number of fused-ring (bicyclic) bond motifs is 1. The third-order valence-electron chi connectivity index (χ3n) is 8.02. The summed E-state index contributed by atoms with van der Waals surface area (Å²) >= 11 is 0. The van der Waals surface area contributed by atoms with Crippen LogP contribution in [0.2, 0.25) is 0 Å². The molecule has 0 unspecified atom stereocenters. The number of amides is 2. The third kappa shape index (κ3) is 6.51. The van der Waals surface area contributed by atoms with Crippen molar-refractivity contribution in [2.45, 2.75) is 38.6 Å². The molecule has 8 heteroatoms. The Labute approximate surface area is 267 Å². The minimum atomic E-state index is -0.931. The summed E-state index contributed by atoms with van der Waals surface area (Å²) in [6.07, 6.45) is 2.02. The summed E-state index contributed by atoms with van der Waals surface area (Å²) in [7, 11) is 0. The molecule has 0 saturated heterocycles. The van der Waals surface area contributed by atoms with Crippen molar-refractivity contribution in [3.63, 3.8) is 0 Å². The van der Waals surface area contributed by atoms with Crippen LogP contribution in [0.4, 0.5) is 0 Å². The summed E-state index contributed by atoms with van der Waals surface area (Å²) in [5.74, 6) is -0.961. The Morgan fingerprint density at radius 3 is 2.33 bits per heavy atom. The number of hydrogen-bond donors (Lipinski definition) is 3. The Hall–Kier alpha value is -5.76. The average molecular weight is 610 g/mol. The molecule has 1 atom stereocenters. The zero-order valence-electron chi connectivity index (χ0n) is 25.9. The van der Waals surface area contributed by atoms with Crippen molar-refractivity contribution in [3.8, 4) is 34.0 Å². The quantitative estimate of drug-likeness (QED) is 0.180. The van der Waals surface area contributed by atoms with Crippen molar-refractivity contribution in [1.82, 2.24) is 20.1 Å². The zero-order chi connectivity index (χ0) is 32.4. The summed E-state index contributed by atoms with van der Waals surface area (Å²) in [4.78, 5) is 30.4. The molecule has 0 aliphatic rings. The molecule has 4 aromatic carbocycles. The van der Waals surface area contributed by atoms with Gasteiger partial charge in [-0.25, -0.2) is 4.68 Å². The van der Waals surface area contributed by atoms with Crippen LogP contribution in [0.15, 0.2) is 115 Å². The molecule has 0 aliphatic carbocycles. The number of carbonyl (C=O) groups excluding carboxylic acids is 2. The van der Waals surface area contributed by atoms with Gasteiger partial charge in [0.2, 0.25) is 5.91 Å². The standard InChI is InChI=1S/C38H35N5O3/c1-38(2,3)29-13-15-30(16-14-29)43-35(22-33(42-43)28-20-25-7-4-5-10-32(25)40-23-28)26-8-6-9-27(21-26)37(46)41-34(36(39)45)19-24-11-17-31(44)18-12-24/h4-18,20-23,34,44H,19H2,1-3H3,(H2,39,45)(H,41,46)/t34-/m0/s1. The first-order valence-corrected chi connectivity index (χ1v) is 15.1. The van der Waals surface area contributed by atoms with E-state index in [0.29, 0.717) is 5.56 Å². The van der Waals surface area contributed by atoms with E-state index in [2.05, 4.69) is 61.4 Å². The molecule has 2 aromatic heterocycles. The van der Waals surface area contributed by atoms with E-state index in [0.717, 1.165) is 44.7 Å². The number of nitrogens with one attached hydrogen (secondary N) is 1. The lowest BCUT2D eigenvalue weighted by molar-refractivity contribution is -0.119. The number of para-hydroxylation sites is 1. The molecule has 0 fully saturated rings. The monoisotopic (exact) mass is 609 g/mol. The van der Waals surface area contributed by atoms with Gasteiger partial charge in [0.1, 0.15) is 11.8 Å². The highest BCUT2D eigenvalue weighted by Crippen LogP contribution is 2.31. The van der Waals surface area contributed by atoms with Gasteiger partial charge in [-0.1, -0.05) is 75.4 Å². The van der Waals surface area contributed by atoms with Gasteiger partial charge in [0.25, 0.3) is 5.91 Å². The highest BCUT2D eigenvalue weighted by molar-refractivity contribution is 5.98. The zero-order valence-corrected chi connectivity index (χ0v) is 25.9. The number of carbonyl (C=O) groups is 2. The maximum Gasteiger partial charge on any atom is 0.251 e. The molecule has 4 N–H and O–H groups in total. The number of pyridine rings is 1. The fourth-order valence-electron chi connectivity index (χ4n) is 5.39. The van der Waals surface area contributed by atoms with Crippen LogP contribution in [0.3, 0.4) is 0 Å². The summed E-state index contributed by atoms with van der Waals surface area (Å²) < 4.78 is 1.88. The van der Waals surface area contributed by atoms with Crippen LogP contribution < -0.4 is 11.1 Å².